The van der Waals surface area contributed by atoms with Crippen molar-refractivity contribution in [3.05, 3.63) is 152 Å². The molecule has 8 aromatic carbocycles. The molecule has 0 saturated carbocycles. The van der Waals surface area contributed by atoms with Crippen LogP contribution in [0.5, 0.6) is 0 Å². The first-order valence-electron chi connectivity index (χ1n) is 18.9. The molecular formula is C48H25B2N3O. The van der Waals surface area contributed by atoms with Crippen molar-refractivity contribution < 1.29 is 4.42 Å². The molecule has 54 heavy (non-hydrogen) atoms. The van der Waals surface area contributed by atoms with Crippen molar-refractivity contribution in [3.63, 3.8) is 0 Å². The predicted molar refractivity (Wildman–Crippen MR) is 226 cm³/mol. The van der Waals surface area contributed by atoms with Gasteiger partial charge in [0.1, 0.15) is 11.2 Å². The zero-order chi connectivity index (χ0) is 34.6. The summed E-state index contributed by atoms with van der Waals surface area (Å²) in [6.45, 7) is 0.144. The number of aromatic nitrogens is 2. The molecule has 3 aromatic heterocycles. The van der Waals surface area contributed by atoms with E-state index < -0.39 is 0 Å². The van der Waals surface area contributed by atoms with E-state index in [0.29, 0.717) is 0 Å². The minimum Gasteiger partial charge on any atom is -0.455 e. The Morgan fingerprint density at radius 1 is 0.426 bits per heavy atom. The zero-order valence-electron chi connectivity index (χ0n) is 28.8. The summed E-state index contributed by atoms with van der Waals surface area (Å²) in [4.78, 5) is 2.53. The maximum absolute atomic E-state index is 6.84. The van der Waals surface area contributed by atoms with E-state index in [-0.39, 0.29) is 13.4 Å². The van der Waals surface area contributed by atoms with Gasteiger partial charge in [-0.15, -0.1) is 0 Å². The van der Waals surface area contributed by atoms with Crippen LogP contribution in [0.1, 0.15) is 0 Å². The molecule has 0 atom stereocenters. The number of rotatable bonds is 1. The second-order valence-electron chi connectivity index (χ2n) is 15.5. The first kappa shape index (κ1) is 26.8. The van der Waals surface area contributed by atoms with Gasteiger partial charge in [0.25, 0.3) is 13.4 Å². The van der Waals surface area contributed by atoms with Crippen LogP contribution < -0.4 is 37.7 Å². The molecule has 0 saturated heterocycles. The minimum absolute atomic E-state index is 0.0442. The number of fused-ring (bicyclic) bond motifs is 14. The van der Waals surface area contributed by atoms with Crippen molar-refractivity contribution in [2.24, 2.45) is 0 Å². The fourth-order valence-corrected chi connectivity index (χ4v) is 11.4. The van der Waals surface area contributed by atoms with Gasteiger partial charge in [-0.05, 0) is 69.2 Å². The molecule has 11 aromatic rings. The van der Waals surface area contributed by atoms with E-state index in [9.17, 15) is 0 Å². The molecule has 4 nitrogen and oxygen atoms in total. The Morgan fingerprint density at radius 2 is 1.07 bits per heavy atom. The number of anilines is 3. The van der Waals surface area contributed by atoms with Crippen LogP contribution in [0.3, 0.4) is 0 Å². The molecule has 4 aliphatic rings. The summed E-state index contributed by atoms with van der Waals surface area (Å²) in [6.07, 6.45) is 0. The Labute approximate surface area is 309 Å². The van der Waals surface area contributed by atoms with E-state index in [1.54, 1.807) is 0 Å². The molecule has 0 radical (unpaired) electrons. The van der Waals surface area contributed by atoms with Gasteiger partial charge in [-0.3, -0.25) is 0 Å². The van der Waals surface area contributed by atoms with E-state index in [4.69, 9.17) is 4.42 Å². The van der Waals surface area contributed by atoms with Crippen molar-refractivity contribution in [2.45, 2.75) is 0 Å². The summed E-state index contributed by atoms with van der Waals surface area (Å²) in [6, 6.07) is 56.7. The molecule has 0 fully saturated rings. The van der Waals surface area contributed by atoms with Crippen molar-refractivity contribution in [3.8, 4) is 11.4 Å². The third kappa shape index (κ3) is 2.76. The molecule has 7 heterocycles. The molecule has 15 rings (SSSR count). The first-order valence-corrected chi connectivity index (χ1v) is 18.9. The van der Waals surface area contributed by atoms with Crippen LogP contribution in [0.15, 0.2) is 156 Å². The molecule has 0 aliphatic carbocycles. The van der Waals surface area contributed by atoms with Crippen LogP contribution in [0, 0.1) is 0 Å². The standard InChI is InChI=1S/C48H25B2N3O/c1-2-12-26(13-3-1)51-37-22-8-6-18-32(37)49-33-19-10-16-28-29-17-11-20-34-45(29)53(44(28)33)47-42(49)38(51)25-39-43(47)50(34)35-24-31-27-14-5-9-23-40(27)54-48(31)41-30-15-4-7-21-36(30)52(39)46(35)41/h1-25H. The lowest BCUT2D eigenvalue weighted by Gasteiger charge is -2.44. The van der Waals surface area contributed by atoms with Crippen molar-refractivity contribution in [1.29, 1.82) is 0 Å². The van der Waals surface area contributed by atoms with E-state index in [1.165, 1.54) is 116 Å². The smallest absolute Gasteiger partial charge is 0.252 e. The zero-order valence-corrected chi connectivity index (χ0v) is 28.8. The van der Waals surface area contributed by atoms with E-state index >= 15 is 0 Å². The molecule has 244 valence electrons. The SMILES string of the molecule is c1ccc(N2c3ccccc3B3c4c2cc2c5c4-n4c6c3cccc6c3cccc(c34)B5c3cc4c5ccccc5oc4c4c5ccccc5n-2c34)cc1. The number of hydrogen-bond donors (Lipinski definition) is 0. The third-order valence-electron chi connectivity index (χ3n) is 13.2. The van der Waals surface area contributed by atoms with Crippen LogP contribution in [-0.4, -0.2) is 22.6 Å². The largest absolute Gasteiger partial charge is 0.455 e. The van der Waals surface area contributed by atoms with Crippen LogP contribution in [0.2, 0.25) is 0 Å². The van der Waals surface area contributed by atoms with Crippen molar-refractivity contribution in [1.82, 2.24) is 9.13 Å². The quantitative estimate of drug-likeness (QED) is 0.168. The van der Waals surface area contributed by atoms with Gasteiger partial charge in [0.05, 0.1) is 16.4 Å². The van der Waals surface area contributed by atoms with E-state index in [0.717, 1.165) is 11.2 Å². The van der Waals surface area contributed by atoms with Crippen LogP contribution in [-0.2, 0) is 0 Å². The molecule has 4 aliphatic heterocycles. The maximum atomic E-state index is 6.84. The monoisotopic (exact) mass is 681 g/mol. The van der Waals surface area contributed by atoms with Crippen LogP contribution in [0.4, 0.5) is 17.1 Å². The first-order chi connectivity index (χ1) is 26.8. The van der Waals surface area contributed by atoms with Gasteiger partial charge in [0.15, 0.2) is 0 Å². The summed E-state index contributed by atoms with van der Waals surface area (Å²) in [5, 5.41) is 7.46. The Bertz CT molecular complexity index is 3590. The number of furan rings is 1. The van der Waals surface area contributed by atoms with E-state index in [2.05, 4.69) is 166 Å². The highest BCUT2D eigenvalue weighted by atomic mass is 16.3. The average Bonchev–Trinajstić information content (AvgIpc) is 3.89. The van der Waals surface area contributed by atoms with Gasteiger partial charge in [-0.2, -0.15) is 0 Å². The second-order valence-corrected chi connectivity index (χ2v) is 15.5. The Balaban J connectivity index is 1.24. The molecule has 0 N–H and O–H groups in total. The highest BCUT2D eigenvalue weighted by molar-refractivity contribution is 7.04. The fourth-order valence-electron chi connectivity index (χ4n) is 11.4. The molecule has 0 spiro atoms. The molecule has 6 heteroatoms. The maximum Gasteiger partial charge on any atom is 0.252 e. The summed E-state index contributed by atoms with van der Waals surface area (Å²) in [5.74, 6) is 0. The van der Waals surface area contributed by atoms with Crippen LogP contribution in [0.25, 0.3) is 76.9 Å². The lowest BCUT2D eigenvalue weighted by Crippen LogP contribution is -2.66. The third-order valence-corrected chi connectivity index (χ3v) is 13.2. The number of para-hydroxylation sites is 6. The number of hydrogen-bond acceptors (Lipinski definition) is 2. The van der Waals surface area contributed by atoms with E-state index in [1.807, 2.05) is 0 Å². The Hall–Kier alpha value is -6.91. The summed E-state index contributed by atoms with van der Waals surface area (Å²) < 4.78 is 12.1. The summed E-state index contributed by atoms with van der Waals surface area (Å²) >= 11 is 0. The lowest BCUT2D eigenvalue weighted by atomic mass is 9.30. The highest BCUT2D eigenvalue weighted by Crippen LogP contribution is 2.47. The van der Waals surface area contributed by atoms with Gasteiger partial charge in [-0.25, -0.2) is 0 Å². The highest BCUT2D eigenvalue weighted by Gasteiger charge is 2.49. The van der Waals surface area contributed by atoms with Gasteiger partial charge in [0, 0.05) is 66.4 Å². The molecule has 0 bridgehead atoms. The number of benzene rings is 8. The number of nitrogens with zero attached hydrogens (tertiary/aromatic N) is 3. The predicted octanol–water partition coefficient (Wildman–Crippen LogP) is 7.54. The molecular weight excluding hydrogens is 656 g/mol. The van der Waals surface area contributed by atoms with Gasteiger partial charge >= 0.3 is 0 Å². The summed E-state index contributed by atoms with van der Waals surface area (Å²) in [7, 11) is 0. The minimum atomic E-state index is 0.0442. The van der Waals surface area contributed by atoms with Crippen molar-refractivity contribution >= 4 is 129 Å². The molecule has 0 amide bonds. The van der Waals surface area contributed by atoms with Crippen LogP contribution >= 0.6 is 0 Å². The Kier molecular flexibility index (Phi) is 4.38. The normalized spacial score (nSPS) is 14.2. The Morgan fingerprint density at radius 3 is 1.91 bits per heavy atom. The van der Waals surface area contributed by atoms with Crippen molar-refractivity contribution in [2.75, 3.05) is 4.90 Å². The lowest BCUT2D eigenvalue weighted by molar-refractivity contribution is 0.673. The summed E-state index contributed by atoms with van der Waals surface area (Å²) in [5.41, 5.74) is 21.6. The fraction of sp³-hybridized carbons (Fsp3) is 0. The molecule has 0 unspecified atom stereocenters. The van der Waals surface area contributed by atoms with Gasteiger partial charge < -0.3 is 18.5 Å². The second kappa shape index (κ2) is 8.82. The van der Waals surface area contributed by atoms with Gasteiger partial charge in [-0.1, -0.05) is 115 Å². The average molecular weight is 681 g/mol. The van der Waals surface area contributed by atoms with Gasteiger partial charge in [0.2, 0.25) is 0 Å². The topological polar surface area (TPSA) is 26.2 Å².